The van der Waals surface area contributed by atoms with Crippen LogP contribution in [-0.4, -0.2) is 0 Å². The fraction of sp³-hybridized carbons (Fsp3) is 0.333. The predicted molar refractivity (Wildman–Crippen MR) is 76.5 cm³/mol. The van der Waals surface area contributed by atoms with Crippen LogP contribution in [0.25, 0.3) is 0 Å². The van der Waals surface area contributed by atoms with Gasteiger partial charge in [-0.3, -0.25) is 0 Å². The molecule has 0 amide bonds. The van der Waals surface area contributed by atoms with Crippen molar-refractivity contribution in [1.82, 2.24) is 0 Å². The van der Waals surface area contributed by atoms with E-state index in [0.717, 1.165) is 31.2 Å². The third-order valence-electron chi connectivity index (χ3n) is 4.32. The fourth-order valence-electron chi connectivity index (χ4n) is 3.33. The molecule has 2 atom stereocenters. The molecular weight excluding hydrogens is 232 g/mol. The Hall–Kier alpha value is -1.60. The summed E-state index contributed by atoms with van der Waals surface area (Å²) in [5.74, 6) is 0.102. The van der Waals surface area contributed by atoms with Gasteiger partial charge in [-0.2, -0.15) is 0 Å². The molecule has 2 aromatic carbocycles. The van der Waals surface area contributed by atoms with E-state index >= 15 is 0 Å². The molecule has 0 N–H and O–H groups in total. The molecule has 0 spiro atoms. The van der Waals surface area contributed by atoms with Crippen LogP contribution in [0, 0.1) is 0 Å². The van der Waals surface area contributed by atoms with Crippen molar-refractivity contribution < 1.29 is 5.11 Å². The van der Waals surface area contributed by atoms with Gasteiger partial charge in [0.1, 0.15) is 5.60 Å². The van der Waals surface area contributed by atoms with Crippen LogP contribution in [0.3, 0.4) is 0 Å². The highest BCUT2D eigenvalue weighted by atomic mass is 16.3. The fourth-order valence-corrected chi connectivity index (χ4v) is 3.33. The van der Waals surface area contributed by atoms with Crippen LogP contribution in [0.4, 0.5) is 0 Å². The number of rotatable bonds is 2. The molecule has 0 aliphatic heterocycles. The minimum absolute atomic E-state index is 0.102. The van der Waals surface area contributed by atoms with Crippen molar-refractivity contribution >= 4 is 0 Å². The van der Waals surface area contributed by atoms with Gasteiger partial charge in [0.15, 0.2) is 0 Å². The summed E-state index contributed by atoms with van der Waals surface area (Å²) in [5, 5.41) is 13.5. The van der Waals surface area contributed by atoms with Gasteiger partial charge in [-0.1, -0.05) is 73.5 Å². The van der Waals surface area contributed by atoms with Crippen molar-refractivity contribution in [3.05, 3.63) is 71.8 Å². The Morgan fingerprint density at radius 3 is 2.16 bits per heavy atom. The molecule has 1 fully saturated rings. The Labute approximate surface area is 114 Å². The molecule has 0 heterocycles. The molecule has 2 unspecified atom stereocenters. The second kappa shape index (κ2) is 5.18. The predicted octanol–water partition coefficient (Wildman–Crippen LogP) is 4.67. The molecule has 97 valence electrons. The smallest absolute Gasteiger partial charge is 0.135 e. The average molecular weight is 251 g/mol. The van der Waals surface area contributed by atoms with E-state index in [4.69, 9.17) is 0 Å². The maximum absolute atomic E-state index is 13.5. The van der Waals surface area contributed by atoms with Crippen LogP contribution in [0.1, 0.15) is 42.7 Å². The molecule has 1 aliphatic carbocycles. The lowest BCUT2D eigenvalue weighted by Gasteiger charge is -2.38. The van der Waals surface area contributed by atoms with Gasteiger partial charge in [0.05, 0.1) is 0 Å². The van der Waals surface area contributed by atoms with Gasteiger partial charge in [0.25, 0.3) is 0 Å². The van der Waals surface area contributed by atoms with E-state index in [1.54, 1.807) is 0 Å². The van der Waals surface area contributed by atoms with Crippen molar-refractivity contribution in [3.63, 3.8) is 0 Å². The number of benzene rings is 2. The minimum Gasteiger partial charge on any atom is -0.224 e. The lowest BCUT2D eigenvalue weighted by atomic mass is 9.69. The molecule has 3 rings (SSSR count). The molecule has 0 aromatic heterocycles. The van der Waals surface area contributed by atoms with Crippen LogP contribution in [0.15, 0.2) is 60.7 Å². The Bertz CT molecular complexity index is 520. The van der Waals surface area contributed by atoms with E-state index in [1.165, 1.54) is 5.56 Å². The van der Waals surface area contributed by atoms with Gasteiger partial charge in [-0.25, -0.2) is 5.11 Å². The monoisotopic (exact) mass is 251 g/mol. The molecule has 1 heteroatoms. The molecular formula is C18H19O. The first-order chi connectivity index (χ1) is 9.31. The second-order valence-electron chi connectivity index (χ2n) is 5.46. The lowest BCUT2D eigenvalue weighted by Crippen LogP contribution is -2.35. The Morgan fingerprint density at radius 2 is 1.47 bits per heavy atom. The lowest BCUT2D eigenvalue weighted by molar-refractivity contribution is -0.0826. The van der Waals surface area contributed by atoms with Gasteiger partial charge < -0.3 is 0 Å². The van der Waals surface area contributed by atoms with E-state index in [9.17, 15) is 5.11 Å². The first kappa shape index (κ1) is 12.4. The summed E-state index contributed by atoms with van der Waals surface area (Å²) >= 11 is 0. The van der Waals surface area contributed by atoms with Gasteiger partial charge in [-0.15, -0.1) is 0 Å². The largest absolute Gasteiger partial charge is 0.224 e. The third kappa shape index (κ3) is 2.31. The maximum atomic E-state index is 13.5. The molecule has 1 aliphatic rings. The quantitative estimate of drug-likeness (QED) is 0.739. The van der Waals surface area contributed by atoms with Gasteiger partial charge in [0, 0.05) is 5.92 Å². The van der Waals surface area contributed by atoms with E-state index in [2.05, 4.69) is 12.1 Å². The molecule has 19 heavy (non-hydrogen) atoms. The molecule has 0 bridgehead atoms. The molecule has 1 saturated carbocycles. The van der Waals surface area contributed by atoms with Crippen molar-refractivity contribution in [2.24, 2.45) is 0 Å². The van der Waals surface area contributed by atoms with E-state index in [0.29, 0.717) is 0 Å². The normalized spacial score (nSPS) is 27.1. The molecule has 2 aromatic rings. The summed E-state index contributed by atoms with van der Waals surface area (Å²) in [4.78, 5) is 0. The van der Waals surface area contributed by atoms with Crippen molar-refractivity contribution in [2.75, 3.05) is 0 Å². The van der Waals surface area contributed by atoms with Crippen LogP contribution in [0.2, 0.25) is 0 Å². The molecule has 0 saturated heterocycles. The zero-order chi connectivity index (χ0) is 13.1. The maximum Gasteiger partial charge on any atom is 0.135 e. The van der Waals surface area contributed by atoms with Gasteiger partial charge in [-0.05, 0) is 24.0 Å². The van der Waals surface area contributed by atoms with Crippen molar-refractivity contribution in [3.8, 4) is 0 Å². The topological polar surface area (TPSA) is 19.9 Å². The first-order valence-corrected chi connectivity index (χ1v) is 7.11. The van der Waals surface area contributed by atoms with Crippen molar-refractivity contribution in [1.29, 1.82) is 0 Å². The van der Waals surface area contributed by atoms with Gasteiger partial charge in [0.2, 0.25) is 0 Å². The minimum atomic E-state index is -0.957. The number of hydrogen-bond donors (Lipinski definition) is 0. The van der Waals surface area contributed by atoms with Crippen LogP contribution >= 0.6 is 0 Å². The molecule has 1 radical (unpaired) electrons. The van der Waals surface area contributed by atoms with E-state index in [1.807, 2.05) is 48.5 Å². The summed E-state index contributed by atoms with van der Waals surface area (Å²) in [7, 11) is 0. The number of hydrogen-bond acceptors (Lipinski definition) is 0. The zero-order valence-electron chi connectivity index (χ0n) is 11.1. The summed E-state index contributed by atoms with van der Waals surface area (Å²) in [5.41, 5.74) is 1.19. The van der Waals surface area contributed by atoms with Crippen LogP contribution in [-0.2, 0) is 10.7 Å². The molecule has 1 nitrogen and oxygen atoms in total. The summed E-state index contributed by atoms with van der Waals surface area (Å²) in [6.07, 6.45) is 3.96. The SMILES string of the molecule is [O]C1(c2ccccc2)CCCCC1c1ccccc1. The van der Waals surface area contributed by atoms with Gasteiger partial charge >= 0.3 is 0 Å². The van der Waals surface area contributed by atoms with Crippen molar-refractivity contribution in [2.45, 2.75) is 37.2 Å². The second-order valence-corrected chi connectivity index (χ2v) is 5.46. The van der Waals surface area contributed by atoms with E-state index < -0.39 is 5.60 Å². The average Bonchev–Trinajstić information content (AvgIpc) is 2.49. The van der Waals surface area contributed by atoms with E-state index in [-0.39, 0.29) is 5.92 Å². The van der Waals surface area contributed by atoms with Crippen LogP contribution < -0.4 is 0 Å². The highest BCUT2D eigenvalue weighted by Gasteiger charge is 2.42. The summed E-state index contributed by atoms with van der Waals surface area (Å²) in [6, 6.07) is 20.2. The standard InChI is InChI=1S/C18H19O/c19-18(16-11-5-2-6-12-16)14-8-7-13-17(18)15-9-3-1-4-10-15/h1-6,9-12,17H,7-8,13-14H2. The highest BCUT2D eigenvalue weighted by Crippen LogP contribution is 2.47. The Balaban J connectivity index is 2.02. The first-order valence-electron chi connectivity index (χ1n) is 7.11. The zero-order valence-corrected chi connectivity index (χ0v) is 11.1. The Morgan fingerprint density at radius 1 is 0.842 bits per heavy atom. The Kier molecular flexibility index (Phi) is 3.39. The highest BCUT2D eigenvalue weighted by molar-refractivity contribution is 5.31. The summed E-state index contributed by atoms with van der Waals surface area (Å²) < 4.78 is 0. The summed E-state index contributed by atoms with van der Waals surface area (Å²) in [6.45, 7) is 0. The third-order valence-corrected chi connectivity index (χ3v) is 4.32. The van der Waals surface area contributed by atoms with Crippen LogP contribution in [0.5, 0.6) is 0 Å².